The van der Waals surface area contributed by atoms with Gasteiger partial charge in [-0.25, -0.2) is 0 Å². The van der Waals surface area contributed by atoms with Gasteiger partial charge in [0, 0.05) is 17.9 Å². The molecule has 4 nitrogen and oxygen atoms in total. The van der Waals surface area contributed by atoms with Crippen molar-refractivity contribution in [2.45, 2.75) is 34.1 Å². The summed E-state index contributed by atoms with van der Waals surface area (Å²) >= 11 is 0. The fraction of sp³-hybridized carbons (Fsp3) is 0.529. The molecule has 2 rings (SSSR count). The number of rotatable bonds is 7. The largest absolute Gasteiger partial charge is 0.344 e. The maximum atomic E-state index is 12.9. The third kappa shape index (κ3) is 3.81. The summed E-state index contributed by atoms with van der Waals surface area (Å²) < 4.78 is 23.8. The highest BCUT2D eigenvalue weighted by Crippen LogP contribution is 2.51. The fourth-order valence-corrected chi connectivity index (χ4v) is 4.74. The molecule has 0 bridgehead atoms. The van der Waals surface area contributed by atoms with E-state index in [9.17, 15) is 4.57 Å². The zero-order valence-electron chi connectivity index (χ0n) is 14.0. The van der Waals surface area contributed by atoms with Crippen molar-refractivity contribution in [3.63, 3.8) is 0 Å². The average Bonchev–Trinajstić information content (AvgIpc) is 2.89. The highest BCUT2D eigenvalue weighted by molar-refractivity contribution is 7.54. The number of para-hydroxylation sites is 1. The van der Waals surface area contributed by atoms with Gasteiger partial charge in [-0.1, -0.05) is 23.8 Å². The van der Waals surface area contributed by atoms with E-state index in [1.165, 1.54) is 11.3 Å². The van der Waals surface area contributed by atoms with Gasteiger partial charge in [0.05, 0.1) is 19.4 Å². The van der Waals surface area contributed by atoms with Crippen LogP contribution in [0.5, 0.6) is 0 Å². The van der Waals surface area contributed by atoms with Gasteiger partial charge >= 0.3 is 7.60 Å². The molecule has 0 spiro atoms. The van der Waals surface area contributed by atoms with Crippen LogP contribution in [0.2, 0.25) is 0 Å². The molecule has 0 radical (unpaired) electrons. The molecule has 1 aliphatic rings. The van der Waals surface area contributed by atoms with Gasteiger partial charge in [-0.2, -0.15) is 0 Å². The van der Waals surface area contributed by atoms with Crippen molar-refractivity contribution in [3.05, 3.63) is 41.1 Å². The second kappa shape index (κ2) is 7.45. The number of allylic oxidation sites excluding steroid dienone is 2. The van der Waals surface area contributed by atoms with Crippen LogP contribution in [-0.2, 0) is 20.0 Å². The number of hydrogen-bond acceptors (Lipinski definition) is 4. The van der Waals surface area contributed by atoms with E-state index < -0.39 is 7.60 Å². The predicted octanol–water partition coefficient (Wildman–Crippen LogP) is 4.61. The summed E-state index contributed by atoms with van der Waals surface area (Å²) in [6.45, 7) is 9.50. The smallest absolute Gasteiger partial charge is 0.336 e. The molecule has 0 N–H and O–H groups in total. The Balaban J connectivity index is 2.30. The van der Waals surface area contributed by atoms with Crippen LogP contribution in [-0.4, -0.2) is 25.9 Å². The molecule has 0 atom stereocenters. The van der Waals surface area contributed by atoms with Crippen LogP contribution in [0.1, 0.15) is 33.3 Å². The number of hydrogen-bond donors (Lipinski definition) is 0. The topological polar surface area (TPSA) is 38.8 Å². The lowest BCUT2D eigenvalue weighted by Gasteiger charge is -2.27. The minimum atomic E-state index is -3.09. The first kappa shape index (κ1) is 17.3. The van der Waals surface area contributed by atoms with Crippen molar-refractivity contribution < 1.29 is 13.6 Å². The molecule has 1 heterocycles. The van der Waals surface area contributed by atoms with E-state index in [0.29, 0.717) is 19.4 Å². The average molecular weight is 323 g/mol. The van der Waals surface area contributed by atoms with Gasteiger partial charge in [0.2, 0.25) is 0 Å². The summed E-state index contributed by atoms with van der Waals surface area (Å²) in [4.78, 5) is 2.26. The first-order valence-corrected chi connectivity index (χ1v) is 9.63. The molecule has 0 saturated carbocycles. The molecule has 0 saturated heterocycles. The Morgan fingerprint density at radius 3 is 2.41 bits per heavy atom. The van der Waals surface area contributed by atoms with E-state index in [1.54, 1.807) is 0 Å². The van der Waals surface area contributed by atoms with Gasteiger partial charge in [-0.05, 0) is 45.7 Å². The summed E-state index contributed by atoms with van der Waals surface area (Å²) in [5, 5.41) is 0. The minimum absolute atomic E-state index is 0.325. The first-order chi connectivity index (χ1) is 10.5. The third-order valence-corrected chi connectivity index (χ3v) is 5.78. The Labute approximate surface area is 133 Å². The standard InChI is InChI=1S/C17H26NO3P/c1-5-20-22(19,21-6-2)13-17(14(3)4)18-12-11-15-9-7-8-10-16(15)18/h7-10H,5-6,11-13H2,1-4H3. The molecule has 122 valence electrons. The Morgan fingerprint density at radius 1 is 1.18 bits per heavy atom. The van der Waals surface area contributed by atoms with Crippen LogP contribution in [0.4, 0.5) is 5.69 Å². The van der Waals surface area contributed by atoms with E-state index >= 15 is 0 Å². The molecule has 0 amide bonds. The van der Waals surface area contributed by atoms with E-state index in [1.807, 2.05) is 19.9 Å². The summed E-state index contributed by atoms with van der Waals surface area (Å²) in [6, 6.07) is 8.39. The van der Waals surface area contributed by atoms with Crippen LogP contribution in [0.25, 0.3) is 0 Å². The summed E-state index contributed by atoms with van der Waals surface area (Å²) in [5.41, 5.74) is 4.74. The highest BCUT2D eigenvalue weighted by Gasteiger charge is 2.31. The number of benzene rings is 1. The molecule has 0 aliphatic carbocycles. The van der Waals surface area contributed by atoms with Gasteiger partial charge in [-0.3, -0.25) is 4.57 Å². The normalized spacial score (nSPS) is 14.1. The van der Waals surface area contributed by atoms with Crippen LogP contribution >= 0.6 is 7.60 Å². The lowest BCUT2D eigenvalue weighted by atomic mass is 10.2. The second-order valence-corrected chi connectivity index (χ2v) is 7.64. The molecule has 0 unspecified atom stereocenters. The lowest BCUT2D eigenvalue weighted by molar-refractivity contribution is 0.222. The van der Waals surface area contributed by atoms with Gasteiger partial charge in [0.15, 0.2) is 0 Å². The zero-order chi connectivity index (χ0) is 16.2. The number of fused-ring (bicyclic) bond motifs is 1. The van der Waals surface area contributed by atoms with Crippen LogP contribution in [0.3, 0.4) is 0 Å². The maximum Gasteiger partial charge on any atom is 0.336 e. The molecule has 5 heteroatoms. The van der Waals surface area contributed by atoms with Crippen molar-refractivity contribution in [1.29, 1.82) is 0 Å². The molecule has 1 aromatic rings. The Hall–Kier alpha value is -1.09. The second-order valence-electron chi connectivity index (χ2n) is 5.58. The van der Waals surface area contributed by atoms with Crippen LogP contribution < -0.4 is 4.90 Å². The highest BCUT2D eigenvalue weighted by atomic mass is 31.2. The van der Waals surface area contributed by atoms with Gasteiger partial charge < -0.3 is 13.9 Å². The quantitative estimate of drug-likeness (QED) is 0.687. The molecule has 0 fully saturated rings. The Bertz CT molecular complexity index is 583. The Morgan fingerprint density at radius 2 is 1.82 bits per heavy atom. The SMILES string of the molecule is CCOP(=O)(CC(=C(C)C)N1CCc2ccccc21)OCC. The number of anilines is 1. The van der Waals surface area contributed by atoms with E-state index in [2.05, 4.69) is 36.9 Å². The first-order valence-electron chi connectivity index (χ1n) is 7.90. The van der Waals surface area contributed by atoms with Crippen molar-refractivity contribution in [3.8, 4) is 0 Å². The zero-order valence-corrected chi connectivity index (χ0v) is 14.9. The molecular weight excluding hydrogens is 297 g/mol. The van der Waals surface area contributed by atoms with Crippen molar-refractivity contribution in [1.82, 2.24) is 0 Å². The predicted molar refractivity (Wildman–Crippen MR) is 91.6 cm³/mol. The van der Waals surface area contributed by atoms with E-state index in [4.69, 9.17) is 9.05 Å². The molecule has 1 aliphatic heterocycles. The fourth-order valence-electron chi connectivity index (χ4n) is 2.84. The maximum absolute atomic E-state index is 12.9. The van der Waals surface area contributed by atoms with Crippen LogP contribution in [0, 0.1) is 0 Å². The molecule has 1 aromatic carbocycles. The minimum Gasteiger partial charge on any atom is -0.344 e. The third-order valence-electron chi connectivity index (χ3n) is 3.79. The van der Waals surface area contributed by atoms with Crippen molar-refractivity contribution in [2.75, 3.05) is 30.8 Å². The lowest BCUT2D eigenvalue weighted by Crippen LogP contribution is -2.24. The molecular formula is C17H26NO3P. The summed E-state index contributed by atoms with van der Waals surface area (Å²) in [5.74, 6) is 0. The van der Waals surface area contributed by atoms with Crippen molar-refractivity contribution in [2.24, 2.45) is 0 Å². The Kier molecular flexibility index (Phi) is 5.85. The number of nitrogens with zero attached hydrogens (tertiary/aromatic N) is 1. The van der Waals surface area contributed by atoms with Gasteiger partial charge in [0.1, 0.15) is 0 Å². The molecule has 22 heavy (non-hydrogen) atoms. The van der Waals surface area contributed by atoms with E-state index in [-0.39, 0.29) is 0 Å². The van der Waals surface area contributed by atoms with E-state index in [0.717, 1.165) is 24.2 Å². The molecule has 0 aromatic heterocycles. The van der Waals surface area contributed by atoms with Crippen molar-refractivity contribution >= 4 is 13.3 Å². The summed E-state index contributed by atoms with van der Waals surface area (Å²) in [6.07, 6.45) is 1.34. The van der Waals surface area contributed by atoms with Gasteiger partial charge in [-0.15, -0.1) is 0 Å². The van der Waals surface area contributed by atoms with Gasteiger partial charge in [0.25, 0.3) is 0 Å². The summed E-state index contributed by atoms with van der Waals surface area (Å²) in [7, 11) is -3.09. The monoisotopic (exact) mass is 323 g/mol. The van der Waals surface area contributed by atoms with Crippen LogP contribution in [0.15, 0.2) is 35.5 Å².